The summed E-state index contributed by atoms with van der Waals surface area (Å²) in [5, 5.41) is 0.810. The molecule has 0 atom stereocenters. The fraction of sp³-hybridized carbons (Fsp3) is 0.318. The van der Waals surface area contributed by atoms with E-state index in [1.807, 2.05) is 29.0 Å². The van der Waals surface area contributed by atoms with Crippen molar-refractivity contribution in [2.45, 2.75) is 39.5 Å². The van der Waals surface area contributed by atoms with Crippen LogP contribution in [0, 0.1) is 5.41 Å². The summed E-state index contributed by atoms with van der Waals surface area (Å²) in [5.74, 6) is 1.02. The summed E-state index contributed by atoms with van der Waals surface area (Å²) in [6.07, 6.45) is 15.1. The van der Waals surface area contributed by atoms with Gasteiger partial charge in [0, 0.05) is 24.4 Å². The van der Waals surface area contributed by atoms with Crippen molar-refractivity contribution in [3.63, 3.8) is 0 Å². The zero-order chi connectivity index (χ0) is 20.0. The number of ketones is 1. The first-order valence-corrected chi connectivity index (χ1v) is 11.4. The van der Waals surface area contributed by atoms with Crippen LogP contribution in [0.15, 0.2) is 53.9 Å². The van der Waals surface area contributed by atoms with Crippen LogP contribution >= 0.6 is 22.7 Å². The van der Waals surface area contributed by atoms with Crippen LogP contribution in [0.25, 0.3) is 5.57 Å². The van der Waals surface area contributed by atoms with Crippen LogP contribution in [-0.2, 0) is 11.2 Å². The summed E-state index contributed by atoms with van der Waals surface area (Å²) < 4.78 is 5.89. The molecule has 0 spiro atoms. The van der Waals surface area contributed by atoms with Gasteiger partial charge in [0.05, 0.1) is 27.2 Å². The van der Waals surface area contributed by atoms with E-state index in [1.165, 1.54) is 16.9 Å². The minimum atomic E-state index is -0.0276. The highest BCUT2D eigenvalue weighted by Crippen LogP contribution is 2.41. The molecule has 2 aliphatic carbocycles. The molecule has 1 aliphatic heterocycles. The van der Waals surface area contributed by atoms with Gasteiger partial charge in [0.1, 0.15) is 12.0 Å². The van der Waals surface area contributed by atoms with Crippen LogP contribution in [0.2, 0.25) is 0 Å². The molecule has 0 saturated heterocycles. The highest BCUT2D eigenvalue weighted by molar-refractivity contribution is 7.17. The maximum atomic E-state index is 12.6. The molecule has 0 bridgehead atoms. The van der Waals surface area contributed by atoms with Gasteiger partial charge >= 0.3 is 0 Å². The Hall–Kier alpha value is -2.51. The number of fused-ring (bicyclic) bond motifs is 1. The summed E-state index contributed by atoms with van der Waals surface area (Å²) in [5.41, 5.74) is 5.08. The van der Waals surface area contributed by atoms with E-state index in [0.717, 1.165) is 51.2 Å². The molecule has 0 aromatic carbocycles. The normalized spacial score (nSPS) is 20.6. The number of hydrogen-bond donors (Lipinski definition) is 0. The van der Waals surface area contributed by atoms with E-state index >= 15 is 0 Å². The van der Waals surface area contributed by atoms with E-state index in [0.29, 0.717) is 6.42 Å². The Morgan fingerprint density at radius 2 is 2.17 bits per heavy atom. The number of rotatable bonds is 3. The first-order valence-electron chi connectivity index (χ1n) is 9.65. The van der Waals surface area contributed by atoms with Gasteiger partial charge in [-0.2, -0.15) is 0 Å². The Balaban J connectivity index is 1.51. The molecule has 5 rings (SSSR count). The van der Waals surface area contributed by atoms with Crippen molar-refractivity contribution in [1.29, 1.82) is 0 Å². The number of ether oxygens (including phenoxy) is 1. The van der Waals surface area contributed by atoms with Crippen molar-refractivity contribution in [2.75, 3.05) is 4.90 Å². The Morgan fingerprint density at radius 3 is 3.00 bits per heavy atom. The number of carbonyl (C=O) groups excluding carboxylic acids is 1. The molecule has 0 unspecified atom stereocenters. The lowest BCUT2D eigenvalue weighted by molar-refractivity contribution is 0.0916. The Kier molecular flexibility index (Phi) is 4.52. The topological polar surface area (TPSA) is 55.3 Å². The molecule has 148 valence electrons. The van der Waals surface area contributed by atoms with Gasteiger partial charge in [0.15, 0.2) is 10.9 Å². The largest absolute Gasteiger partial charge is 0.462 e. The number of carbonyl (C=O) groups is 1. The number of nitrogens with zero attached hydrogens (tertiary/aromatic N) is 3. The molecular formula is C22H21N3O2S2. The van der Waals surface area contributed by atoms with Crippen LogP contribution in [0.5, 0.6) is 0 Å². The number of allylic oxidation sites excluding steroid dienone is 4. The van der Waals surface area contributed by atoms with E-state index in [9.17, 15) is 4.79 Å². The van der Waals surface area contributed by atoms with Crippen molar-refractivity contribution in [3.8, 4) is 0 Å². The summed E-state index contributed by atoms with van der Waals surface area (Å²) in [6, 6.07) is 0. The van der Waals surface area contributed by atoms with Crippen LogP contribution < -0.4 is 4.90 Å². The van der Waals surface area contributed by atoms with Crippen molar-refractivity contribution < 1.29 is 9.53 Å². The number of aromatic nitrogens is 2. The Labute approximate surface area is 177 Å². The Morgan fingerprint density at radius 1 is 1.28 bits per heavy atom. The predicted molar refractivity (Wildman–Crippen MR) is 117 cm³/mol. The van der Waals surface area contributed by atoms with Gasteiger partial charge in [-0.1, -0.05) is 37.3 Å². The second-order valence-electron chi connectivity index (χ2n) is 8.22. The fourth-order valence-electron chi connectivity index (χ4n) is 3.95. The van der Waals surface area contributed by atoms with Gasteiger partial charge in [-0.15, -0.1) is 11.3 Å². The van der Waals surface area contributed by atoms with Crippen LogP contribution in [0.4, 0.5) is 5.13 Å². The second-order valence-corrected chi connectivity index (χ2v) is 10.1. The predicted octanol–water partition coefficient (Wildman–Crippen LogP) is 5.71. The van der Waals surface area contributed by atoms with E-state index in [-0.39, 0.29) is 11.2 Å². The van der Waals surface area contributed by atoms with Gasteiger partial charge in [-0.25, -0.2) is 4.98 Å². The lowest BCUT2D eigenvalue weighted by atomic mass is 9.78. The average molecular weight is 424 g/mol. The molecular weight excluding hydrogens is 402 g/mol. The summed E-state index contributed by atoms with van der Waals surface area (Å²) in [4.78, 5) is 25.5. The van der Waals surface area contributed by atoms with Crippen molar-refractivity contribution in [1.82, 2.24) is 9.97 Å². The molecule has 7 heteroatoms. The maximum absolute atomic E-state index is 12.6. The minimum absolute atomic E-state index is 0.0276. The third kappa shape index (κ3) is 3.49. The first kappa shape index (κ1) is 18.5. The lowest BCUT2D eigenvalue weighted by Gasteiger charge is -2.26. The van der Waals surface area contributed by atoms with Gasteiger partial charge in [-0.05, 0) is 30.3 Å². The van der Waals surface area contributed by atoms with Crippen LogP contribution in [0.1, 0.15) is 53.4 Å². The fourth-order valence-corrected chi connectivity index (χ4v) is 5.61. The summed E-state index contributed by atoms with van der Waals surface area (Å²) >= 11 is 3.10. The lowest BCUT2D eigenvalue weighted by Crippen LogP contribution is -2.26. The zero-order valence-corrected chi connectivity index (χ0v) is 18.0. The molecule has 0 fully saturated rings. The van der Waals surface area contributed by atoms with Gasteiger partial charge < -0.3 is 4.74 Å². The standard InChI is InChI=1S/C22H21N3O2S2/c1-22(2)9-16-20(17(26)10-22)29-21(24-16)25-7-8-27-18(12-25)14-5-3-4-6-15(14)19-11-23-13-28-19/h4,6-8,11-13H,3,5,9-10H2,1-2H3. The molecule has 5 nitrogen and oxygen atoms in total. The van der Waals surface area contributed by atoms with E-state index in [4.69, 9.17) is 9.72 Å². The average Bonchev–Trinajstić information content (AvgIpc) is 3.37. The molecule has 0 amide bonds. The third-order valence-electron chi connectivity index (χ3n) is 5.28. The molecule has 0 N–H and O–H groups in total. The number of hydrogen-bond acceptors (Lipinski definition) is 7. The molecule has 29 heavy (non-hydrogen) atoms. The van der Waals surface area contributed by atoms with E-state index in [2.05, 4.69) is 31.0 Å². The molecule has 3 heterocycles. The van der Waals surface area contributed by atoms with Crippen LogP contribution in [0.3, 0.4) is 0 Å². The van der Waals surface area contributed by atoms with Crippen molar-refractivity contribution >= 4 is 39.2 Å². The van der Waals surface area contributed by atoms with Crippen molar-refractivity contribution in [2.24, 2.45) is 5.41 Å². The smallest absolute Gasteiger partial charge is 0.194 e. The maximum Gasteiger partial charge on any atom is 0.194 e. The quantitative estimate of drug-likeness (QED) is 0.633. The number of anilines is 1. The molecule has 2 aromatic rings. The first-order chi connectivity index (χ1) is 14.0. The highest BCUT2D eigenvalue weighted by atomic mass is 32.1. The Bertz CT molecular complexity index is 1090. The molecule has 0 radical (unpaired) electrons. The van der Waals surface area contributed by atoms with Gasteiger partial charge in [0.25, 0.3) is 0 Å². The summed E-state index contributed by atoms with van der Waals surface area (Å²) in [7, 11) is 0. The zero-order valence-electron chi connectivity index (χ0n) is 16.3. The SMILES string of the molecule is CC1(C)CC(=O)c2sc(N3C=COC(C4=C(c5cncs5)C=CCC4)=C3)nc2C1. The van der Waals surface area contributed by atoms with Gasteiger partial charge in [-0.3, -0.25) is 14.7 Å². The minimum Gasteiger partial charge on any atom is -0.462 e. The molecule has 0 saturated carbocycles. The molecule has 3 aliphatic rings. The second kappa shape index (κ2) is 7.07. The van der Waals surface area contributed by atoms with Gasteiger partial charge in [0.2, 0.25) is 0 Å². The third-order valence-corrected chi connectivity index (χ3v) is 7.24. The van der Waals surface area contributed by atoms with E-state index in [1.54, 1.807) is 17.6 Å². The summed E-state index contributed by atoms with van der Waals surface area (Å²) in [6.45, 7) is 4.26. The number of thiazole rings is 2. The van der Waals surface area contributed by atoms with Crippen molar-refractivity contribution in [3.05, 3.63) is 69.3 Å². The molecule has 2 aromatic heterocycles. The highest BCUT2D eigenvalue weighted by Gasteiger charge is 2.34. The van der Waals surface area contributed by atoms with E-state index < -0.39 is 0 Å². The van der Waals surface area contributed by atoms with Crippen LogP contribution in [-0.4, -0.2) is 15.8 Å². The monoisotopic (exact) mass is 423 g/mol. The number of Topliss-reactive ketones (excluding diaryl/α,β-unsaturated/α-hetero) is 1.